The van der Waals surface area contributed by atoms with Crippen LogP contribution < -0.4 is 10.1 Å². The molecule has 2 rings (SSSR count). The van der Waals surface area contributed by atoms with Crippen molar-refractivity contribution in [3.05, 3.63) is 5.82 Å². The van der Waals surface area contributed by atoms with Crippen molar-refractivity contribution < 1.29 is 4.74 Å². The van der Waals surface area contributed by atoms with Gasteiger partial charge in [0, 0.05) is 12.5 Å². The first-order chi connectivity index (χ1) is 7.83. The smallest absolute Gasteiger partial charge is 0.321 e. The third-order valence-corrected chi connectivity index (χ3v) is 2.34. The quantitative estimate of drug-likeness (QED) is 0.797. The van der Waals surface area contributed by atoms with Crippen molar-refractivity contribution in [2.24, 2.45) is 0 Å². The second-order valence-electron chi connectivity index (χ2n) is 3.95. The van der Waals surface area contributed by atoms with Crippen LogP contribution in [0.1, 0.15) is 44.9 Å². The van der Waals surface area contributed by atoms with Gasteiger partial charge in [-0.15, -0.1) is 0 Å². The van der Waals surface area contributed by atoms with Crippen LogP contribution >= 0.6 is 0 Å². The first-order valence-electron chi connectivity index (χ1n) is 5.96. The lowest BCUT2D eigenvalue weighted by atomic mass is 10.4. The van der Waals surface area contributed by atoms with E-state index in [-0.39, 0.29) is 0 Å². The molecule has 0 atom stereocenters. The fourth-order valence-corrected chi connectivity index (χ4v) is 1.39. The zero-order valence-corrected chi connectivity index (χ0v) is 9.86. The summed E-state index contributed by atoms with van der Waals surface area (Å²) >= 11 is 0. The van der Waals surface area contributed by atoms with Gasteiger partial charge in [-0.05, 0) is 26.2 Å². The van der Waals surface area contributed by atoms with E-state index in [1.54, 1.807) is 0 Å². The highest BCUT2D eigenvalue weighted by atomic mass is 16.5. The maximum absolute atomic E-state index is 5.46. The third kappa shape index (κ3) is 2.81. The molecule has 0 unspecified atom stereocenters. The van der Waals surface area contributed by atoms with Gasteiger partial charge in [-0.25, -0.2) is 0 Å². The number of anilines is 1. The Bertz CT molecular complexity index is 352. The van der Waals surface area contributed by atoms with Crippen LogP contribution in [0.4, 0.5) is 5.95 Å². The van der Waals surface area contributed by atoms with Crippen molar-refractivity contribution in [3.63, 3.8) is 0 Å². The predicted molar refractivity (Wildman–Crippen MR) is 61.8 cm³/mol. The van der Waals surface area contributed by atoms with Gasteiger partial charge in [0.15, 0.2) is 0 Å². The number of hydrogen-bond donors (Lipinski definition) is 1. The lowest BCUT2D eigenvalue weighted by Crippen LogP contribution is -2.09. The van der Waals surface area contributed by atoms with Crippen LogP contribution in [-0.4, -0.2) is 28.1 Å². The van der Waals surface area contributed by atoms with Crippen molar-refractivity contribution >= 4 is 5.95 Å². The average Bonchev–Trinajstić information content (AvgIpc) is 3.10. The lowest BCUT2D eigenvalue weighted by molar-refractivity contribution is 0.290. The highest BCUT2D eigenvalue weighted by Crippen LogP contribution is 2.38. The van der Waals surface area contributed by atoms with Gasteiger partial charge >= 0.3 is 6.01 Å². The van der Waals surface area contributed by atoms with E-state index < -0.39 is 0 Å². The molecule has 5 nitrogen and oxygen atoms in total. The van der Waals surface area contributed by atoms with Crippen LogP contribution in [0.2, 0.25) is 0 Å². The van der Waals surface area contributed by atoms with E-state index in [0.29, 0.717) is 24.5 Å². The molecule has 1 fully saturated rings. The minimum absolute atomic E-state index is 0.453. The Hall–Kier alpha value is -1.39. The van der Waals surface area contributed by atoms with E-state index in [0.717, 1.165) is 18.8 Å². The Morgan fingerprint density at radius 2 is 2.06 bits per heavy atom. The number of ether oxygens (including phenoxy) is 1. The molecule has 1 aliphatic carbocycles. The molecule has 1 saturated carbocycles. The summed E-state index contributed by atoms with van der Waals surface area (Å²) in [5.74, 6) is 2.02. The Labute approximate surface area is 95.7 Å². The molecule has 1 N–H and O–H groups in total. The molecule has 0 spiro atoms. The predicted octanol–water partition coefficient (Wildman–Crippen LogP) is 1.97. The fourth-order valence-electron chi connectivity index (χ4n) is 1.39. The minimum atomic E-state index is 0.453. The zero-order valence-electron chi connectivity index (χ0n) is 9.86. The highest BCUT2D eigenvalue weighted by Gasteiger charge is 2.28. The normalized spacial score (nSPS) is 14.9. The average molecular weight is 222 g/mol. The van der Waals surface area contributed by atoms with E-state index in [1.165, 1.54) is 12.8 Å². The molecule has 1 aromatic heterocycles. The molecule has 88 valence electrons. The number of nitrogens with zero attached hydrogens (tertiary/aromatic N) is 3. The maximum atomic E-state index is 5.46. The lowest BCUT2D eigenvalue weighted by Gasteiger charge is -2.07. The molecule has 0 amide bonds. The van der Waals surface area contributed by atoms with Crippen LogP contribution in [-0.2, 0) is 0 Å². The van der Waals surface area contributed by atoms with Crippen LogP contribution in [0.3, 0.4) is 0 Å². The van der Waals surface area contributed by atoms with Crippen LogP contribution in [0.15, 0.2) is 0 Å². The molecule has 1 aliphatic rings. The van der Waals surface area contributed by atoms with Gasteiger partial charge in [-0.1, -0.05) is 6.92 Å². The summed E-state index contributed by atoms with van der Waals surface area (Å²) in [7, 11) is 0. The summed E-state index contributed by atoms with van der Waals surface area (Å²) in [5.41, 5.74) is 0. The summed E-state index contributed by atoms with van der Waals surface area (Å²) < 4.78 is 5.46. The van der Waals surface area contributed by atoms with E-state index in [4.69, 9.17) is 4.74 Å². The topological polar surface area (TPSA) is 59.9 Å². The number of rotatable bonds is 6. The van der Waals surface area contributed by atoms with Gasteiger partial charge in [0.25, 0.3) is 0 Å². The molecule has 1 heterocycles. The summed E-state index contributed by atoms with van der Waals surface area (Å²) in [4.78, 5) is 12.9. The summed E-state index contributed by atoms with van der Waals surface area (Å²) in [6.45, 7) is 5.54. The largest absolute Gasteiger partial charge is 0.463 e. The summed E-state index contributed by atoms with van der Waals surface area (Å²) in [6.07, 6.45) is 3.33. The molecule has 0 saturated heterocycles. The summed E-state index contributed by atoms with van der Waals surface area (Å²) in [6, 6.07) is 0.453. The van der Waals surface area contributed by atoms with Gasteiger partial charge in [0.1, 0.15) is 5.82 Å². The molecule has 0 aliphatic heterocycles. The Kier molecular flexibility index (Phi) is 3.54. The minimum Gasteiger partial charge on any atom is -0.463 e. The van der Waals surface area contributed by atoms with Crippen LogP contribution in [0.25, 0.3) is 0 Å². The first kappa shape index (κ1) is 11.1. The Morgan fingerprint density at radius 1 is 1.25 bits per heavy atom. The van der Waals surface area contributed by atoms with E-state index in [1.807, 2.05) is 6.92 Å². The van der Waals surface area contributed by atoms with E-state index >= 15 is 0 Å². The van der Waals surface area contributed by atoms with Crippen LogP contribution in [0.5, 0.6) is 6.01 Å². The van der Waals surface area contributed by atoms with E-state index in [2.05, 4.69) is 27.2 Å². The Balaban J connectivity index is 2.14. The number of nitrogens with one attached hydrogen (secondary N) is 1. The summed E-state index contributed by atoms with van der Waals surface area (Å²) in [5, 5.41) is 3.11. The SMILES string of the molecule is CCCOc1nc(NCC)nc(C2CC2)n1. The van der Waals surface area contributed by atoms with E-state index in [9.17, 15) is 0 Å². The van der Waals surface area contributed by atoms with Crippen molar-refractivity contribution in [2.75, 3.05) is 18.5 Å². The Morgan fingerprint density at radius 3 is 2.69 bits per heavy atom. The van der Waals surface area contributed by atoms with Crippen molar-refractivity contribution in [1.29, 1.82) is 0 Å². The molecule has 5 heteroatoms. The van der Waals surface area contributed by atoms with Crippen molar-refractivity contribution in [1.82, 2.24) is 15.0 Å². The number of hydrogen-bond acceptors (Lipinski definition) is 5. The van der Waals surface area contributed by atoms with Crippen molar-refractivity contribution in [2.45, 2.75) is 39.0 Å². The molecular formula is C11H18N4O. The van der Waals surface area contributed by atoms with Crippen molar-refractivity contribution in [3.8, 4) is 6.01 Å². The van der Waals surface area contributed by atoms with Gasteiger partial charge in [-0.3, -0.25) is 0 Å². The van der Waals surface area contributed by atoms with Gasteiger partial charge in [0.2, 0.25) is 5.95 Å². The second-order valence-corrected chi connectivity index (χ2v) is 3.95. The fraction of sp³-hybridized carbons (Fsp3) is 0.727. The highest BCUT2D eigenvalue weighted by molar-refractivity contribution is 5.27. The molecule has 1 aromatic rings. The molecule has 16 heavy (non-hydrogen) atoms. The second kappa shape index (κ2) is 5.09. The maximum Gasteiger partial charge on any atom is 0.321 e. The van der Waals surface area contributed by atoms with Gasteiger partial charge < -0.3 is 10.1 Å². The zero-order chi connectivity index (χ0) is 11.4. The molecule has 0 bridgehead atoms. The van der Waals surface area contributed by atoms with Gasteiger partial charge in [-0.2, -0.15) is 15.0 Å². The molecule has 0 aromatic carbocycles. The standard InChI is InChI=1S/C11H18N4O/c1-3-7-16-11-14-9(8-5-6-8)13-10(15-11)12-4-2/h8H,3-7H2,1-2H3,(H,12,13,14,15). The van der Waals surface area contributed by atoms with Gasteiger partial charge in [0.05, 0.1) is 6.61 Å². The number of aromatic nitrogens is 3. The third-order valence-electron chi connectivity index (χ3n) is 2.34. The molecule has 0 radical (unpaired) electrons. The first-order valence-corrected chi connectivity index (χ1v) is 5.96. The molecular weight excluding hydrogens is 204 g/mol. The monoisotopic (exact) mass is 222 g/mol. The van der Waals surface area contributed by atoms with Crippen LogP contribution in [0, 0.1) is 0 Å².